The Kier molecular flexibility index (Phi) is 5.93. The molecule has 4 rings (SSSR count). The molecule has 168 valence electrons. The minimum atomic E-state index is -0.261. The number of hydrogen-bond donors (Lipinski definition) is 1. The molecule has 0 spiro atoms. The van der Waals surface area contributed by atoms with Crippen LogP contribution in [0.4, 0.5) is 0 Å². The van der Waals surface area contributed by atoms with Crippen LogP contribution in [0.1, 0.15) is 98.8 Å². The first-order chi connectivity index (χ1) is 14.1. The molecule has 0 saturated heterocycles. The maximum absolute atomic E-state index is 10.4. The Bertz CT molecular complexity index is 741. The van der Waals surface area contributed by atoms with E-state index in [1.54, 1.807) is 0 Å². The van der Waals surface area contributed by atoms with Gasteiger partial charge in [-0.2, -0.15) is 0 Å². The third-order valence-electron chi connectivity index (χ3n) is 10.5. The van der Waals surface area contributed by atoms with E-state index in [4.69, 9.17) is 0 Å². The lowest BCUT2D eigenvalue weighted by Gasteiger charge is -2.57. The van der Waals surface area contributed by atoms with Crippen molar-refractivity contribution in [3.63, 3.8) is 0 Å². The lowest BCUT2D eigenvalue weighted by atomic mass is 9.48. The molecule has 3 fully saturated rings. The Morgan fingerprint density at radius 2 is 1.77 bits per heavy atom. The fraction of sp³-hybridized carbons (Fsp3) is 0.793. The second-order valence-electron chi connectivity index (χ2n) is 12.2. The van der Waals surface area contributed by atoms with Crippen LogP contribution >= 0.6 is 0 Å². The zero-order valence-corrected chi connectivity index (χ0v) is 20.4. The van der Waals surface area contributed by atoms with Crippen LogP contribution in [0.5, 0.6) is 0 Å². The normalized spacial score (nSPS) is 42.0. The molecule has 0 radical (unpaired) electrons. The molecule has 4 aliphatic carbocycles. The zero-order chi connectivity index (χ0) is 21.8. The minimum absolute atomic E-state index is 0.261. The first-order valence-electron chi connectivity index (χ1n) is 12.9. The molecular formula is C29H46O. The topological polar surface area (TPSA) is 20.2 Å². The molecule has 7 atom stereocenters. The van der Waals surface area contributed by atoms with E-state index in [1.807, 2.05) is 11.1 Å². The summed E-state index contributed by atoms with van der Waals surface area (Å²) in [5.41, 5.74) is 7.06. The van der Waals surface area contributed by atoms with E-state index in [0.717, 1.165) is 29.7 Å². The van der Waals surface area contributed by atoms with Crippen molar-refractivity contribution in [2.24, 2.45) is 40.4 Å². The molecule has 0 amide bonds. The van der Waals surface area contributed by atoms with Crippen LogP contribution in [0, 0.1) is 40.4 Å². The third kappa shape index (κ3) is 3.39. The van der Waals surface area contributed by atoms with E-state index < -0.39 is 0 Å². The van der Waals surface area contributed by atoms with Crippen LogP contribution in [0.3, 0.4) is 0 Å². The lowest BCUT2D eigenvalue weighted by molar-refractivity contribution is 0.00295. The van der Waals surface area contributed by atoms with Gasteiger partial charge in [-0.3, -0.25) is 0 Å². The Balaban J connectivity index is 1.56. The highest BCUT2D eigenvalue weighted by molar-refractivity contribution is 5.36. The Morgan fingerprint density at radius 1 is 1.03 bits per heavy atom. The van der Waals surface area contributed by atoms with E-state index in [-0.39, 0.29) is 6.10 Å². The molecule has 0 unspecified atom stereocenters. The third-order valence-corrected chi connectivity index (χ3v) is 10.5. The van der Waals surface area contributed by atoms with Crippen molar-refractivity contribution >= 4 is 0 Å². The van der Waals surface area contributed by atoms with Crippen molar-refractivity contribution in [2.75, 3.05) is 0 Å². The highest BCUT2D eigenvalue weighted by atomic mass is 16.3. The highest BCUT2D eigenvalue weighted by Gasteiger charge is 2.56. The molecule has 4 aliphatic rings. The van der Waals surface area contributed by atoms with Gasteiger partial charge in [0.25, 0.3) is 0 Å². The minimum Gasteiger partial charge on any atom is -0.389 e. The molecule has 0 aromatic carbocycles. The van der Waals surface area contributed by atoms with Gasteiger partial charge < -0.3 is 5.11 Å². The van der Waals surface area contributed by atoms with Crippen molar-refractivity contribution in [3.8, 4) is 0 Å². The average molecular weight is 411 g/mol. The fourth-order valence-corrected chi connectivity index (χ4v) is 8.38. The molecule has 30 heavy (non-hydrogen) atoms. The summed E-state index contributed by atoms with van der Waals surface area (Å²) in [6.07, 6.45) is 12.3. The van der Waals surface area contributed by atoms with Crippen LogP contribution < -0.4 is 0 Å². The van der Waals surface area contributed by atoms with Gasteiger partial charge in [-0.25, -0.2) is 0 Å². The van der Waals surface area contributed by atoms with Crippen LogP contribution in [-0.4, -0.2) is 11.2 Å². The Morgan fingerprint density at radius 3 is 2.47 bits per heavy atom. The maximum Gasteiger partial charge on any atom is 0.0750 e. The molecule has 1 N–H and O–H groups in total. The summed E-state index contributed by atoms with van der Waals surface area (Å²) >= 11 is 0. The largest absolute Gasteiger partial charge is 0.389 e. The average Bonchev–Trinajstić information content (AvgIpc) is 3.06. The fourth-order valence-electron chi connectivity index (χ4n) is 8.38. The molecule has 1 heteroatoms. The number of hydrogen-bond acceptors (Lipinski definition) is 1. The molecule has 1 nitrogen and oxygen atoms in total. The van der Waals surface area contributed by atoms with Crippen molar-refractivity contribution in [1.82, 2.24) is 0 Å². The SMILES string of the molecule is C=C(CC[C@@H](C)[C@H]1CCC2=C3CC[C@H]4C(=C)[C@@H](O)CC[C@]4(C)[C@H]3CC[C@@]21C)C(C)C. The molecule has 0 aromatic rings. The summed E-state index contributed by atoms with van der Waals surface area (Å²) in [5, 5.41) is 10.4. The monoisotopic (exact) mass is 410 g/mol. The maximum atomic E-state index is 10.4. The van der Waals surface area contributed by atoms with Gasteiger partial charge in [-0.05, 0) is 110 Å². The summed E-state index contributed by atoms with van der Waals surface area (Å²) in [6, 6.07) is 0. The smallest absolute Gasteiger partial charge is 0.0750 e. The van der Waals surface area contributed by atoms with Crippen LogP contribution in [0.25, 0.3) is 0 Å². The highest BCUT2D eigenvalue weighted by Crippen LogP contribution is 2.66. The van der Waals surface area contributed by atoms with Gasteiger partial charge in [-0.15, -0.1) is 0 Å². The Labute approximate surface area is 186 Å². The second kappa shape index (κ2) is 7.95. The number of allylic oxidation sites excluding steroid dienone is 3. The van der Waals surface area contributed by atoms with Crippen LogP contribution in [0.15, 0.2) is 35.5 Å². The van der Waals surface area contributed by atoms with Crippen molar-refractivity contribution in [3.05, 3.63) is 35.5 Å². The van der Waals surface area contributed by atoms with E-state index >= 15 is 0 Å². The predicted octanol–water partition coefficient (Wildman–Crippen LogP) is 7.87. The second-order valence-corrected chi connectivity index (χ2v) is 12.2. The van der Waals surface area contributed by atoms with Gasteiger partial charge in [0, 0.05) is 0 Å². The van der Waals surface area contributed by atoms with E-state index in [2.05, 4.69) is 47.8 Å². The van der Waals surface area contributed by atoms with Crippen molar-refractivity contribution in [1.29, 1.82) is 0 Å². The number of fused-ring (bicyclic) bond motifs is 4. The molecule has 0 aromatic heterocycles. The predicted molar refractivity (Wildman–Crippen MR) is 128 cm³/mol. The standard InChI is InChI=1S/C29H46O/c1-18(2)19(3)8-9-20(4)23-12-13-25-22-10-11-24-21(5)27(30)15-17-29(24,7)26(22)14-16-28(23,25)6/h18,20,23-24,26-27,30H,3,5,8-17H2,1-2,4,6-7H3/t20-,23-,24+,26+,27+,28-,29+/m1/s1. The van der Waals surface area contributed by atoms with E-state index in [9.17, 15) is 5.11 Å². The van der Waals surface area contributed by atoms with E-state index in [1.165, 1.54) is 63.4 Å². The Hall–Kier alpha value is -0.820. The quantitative estimate of drug-likeness (QED) is 0.457. The first kappa shape index (κ1) is 22.4. The number of aliphatic hydroxyl groups excluding tert-OH is 1. The van der Waals surface area contributed by atoms with E-state index in [0.29, 0.717) is 22.7 Å². The molecule has 0 heterocycles. The summed E-state index contributed by atoms with van der Waals surface area (Å²) in [6.45, 7) is 20.9. The molecule has 0 bridgehead atoms. The number of rotatable bonds is 5. The summed E-state index contributed by atoms with van der Waals surface area (Å²) in [5.74, 6) is 3.51. The molecule has 3 saturated carbocycles. The van der Waals surface area contributed by atoms with Crippen LogP contribution in [-0.2, 0) is 0 Å². The zero-order valence-electron chi connectivity index (χ0n) is 20.4. The van der Waals surface area contributed by atoms with Gasteiger partial charge in [0.1, 0.15) is 0 Å². The van der Waals surface area contributed by atoms with Crippen molar-refractivity contribution in [2.45, 2.75) is 105 Å². The first-order valence-corrected chi connectivity index (χ1v) is 12.9. The lowest BCUT2D eigenvalue weighted by Crippen LogP contribution is -2.49. The van der Waals surface area contributed by atoms with Gasteiger partial charge in [0.15, 0.2) is 0 Å². The van der Waals surface area contributed by atoms with Gasteiger partial charge >= 0.3 is 0 Å². The van der Waals surface area contributed by atoms with Gasteiger partial charge in [-0.1, -0.05) is 64.5 Å². The number of aliphatic hydroxyl groups is 1. The summed E-state index contributed by atoms with van der Waals surface area (Å²) < 4.78 is 0. The van der Waals surface area contributed by atoms with Crippen LogP contribution in [0.2, 0.25) is 0 Å². The molecule has 0 aliphatic heterocycles. The molecular weight excluding hydrogens is 364 g/mol. The summed E-state index contributed by atoms with van der Waals surface area (Å²) in [7, 11) is 0. The van der Waals surface area contributed by atoms with Gasteiger partial charge in [0.05, 0.1) is 6.10 Å². The van der Waals surface area contributed by atoms with Gasteiger partial charge in [0.2, 0.25) is 0 Å². The van der Waals surface area contributed by atoms with Crippen molar-refractivity contribution < 1.29 is 5.11 Å². The summed E-state index contributed by atoms with van der Waals surface area (Å²) in [4.78, 5) is 0.